The average molecular weight is 278 g/mol. The molecule has 0 saturated heterocycles. The molecule has 2 atom stereocenters. The molecule has 1 heterocycles. The van der Waals surface area contributed by atoms with Crippen LogP contribution in [0.25, 0.3) is 0 Å². The molecule has 20 heavy (non-hydrogen) atoms. The van der Waals surface area contributed by atoms with Gasteiger partial charge in [-0.3, -0.25) is 11.3 Å². The topological polar surface area (TPSA) is 55.9 Å². The van der Waals surface area contributed by atoms with Gasteiger partial charge in [0.05, 0.1) is 0 Å². The number of hydrogen-bond donors (Lipinski definition) is 2. The van der Waals surface area contributed by atoms with Gasteiger partial charge in [-0.25, -0.2) is 4.98 Å². The summed E-state index contributed by atoms with van der Waals surface area (Å²) in [6.07, 6.45) is 11.3. The quantitative estimate of drug-likeness (QED) is 0.621. The molecule has 1 aliphatic rings. The van der Waals surface area contributed by atoms with Crippen LogP contribution in [0.3, 0.4) is 0 Å². The lowest BCUT2D eigenvalue weighted by Crippen LogP contribution is -2.49. The van der Waals surface area contributed by atoms with E-state index in [1.807, 2.05) is 6.20 Å². The smallest absolute Gasteiger partial charge is 0.110 e. The van der Waals surface area contributed by atoms with Gasteiger partial charge in [-0.15, -0.1) is 0 Å². The highest BCUT2D eigenvalue weighted by Crippen LogP contribution is 2.42. The van der Waals surface area contributed by atoms with Gasteiger partial charge in [-0.2, -0.15) is 0 Å². The predicted molar refractivity (Wildman–Crippen MR) is 83.1 cm³/mol. The number of imidazole rings is 1. The molecule has 4 nitrogen and oxygen atoms in total. The zero-order valence-corrected chi connectivity index (χ0v) is 13.2. The molecule has 0 bridgehead atoms. The van der Waals surface area contributed by atoms with E-state index in [9.17, 15) is 0 Å². The molecule has 114 valence electrons. The summed E-state index contributed by atoms with van der Waals surface area (Å²) in [7, 11) is 0. The average Bonchev–Trinajstić information content (AvgIpc) is 2.84. The summed E-state index contributed by atoms with van der Waals surface area (Å²) in [6.45, 7) is 8.02. The number of aryl methyl sites for hydroxylation is 1. The Labute approximate surface area is 123 Å². The number of rotatable bonds is 6. The summed E-state index contributed by atoms with van der Waals surface area (Å²) in [4.78, 5) is 4.53. The van der Waals surface area contributed by atoms with E-state index < -0.39 is 0 Å². The van der Waals surface area contributed by atoms with Crippen LogP contribution in [-0.4, -0.2) is 15.6 Å². The van der Waals surface area contributed by atoms with Gasteiger partial charge in [0.1, 0.15) is 5.82 Å². The Balaban J connectivity index is 2.09. The first-order valence-corrected chi connectivity index (χ1v) is 8.04. The minimum atomic E-state index is 0.323. The molecular formula is C16H30N4. The van der Waals surface area contributed by atoms with Crippen molar-refractivity contribution < 1.29 is 0 Å². The molecule has 2 rings (SSSR count). The summed E-state index contributed by atoms with van der Waals surface area (Å²) in [5.74, 6) is 7.67. The van der Waals surface area contributed by atoms with Gasteiger partial charge in [0.15, 0.2) is 0 Å². The highest BCUT2D eigenvalue weighted by atomic mass is 15.2. The summed E-state index contributed by atoms with van der Waals surface area (Å²) < 4.78 is 2.26. The van der Waals surface area contributed by atoms with Crippen LogP contribution in [0.15, 0.2) is 12.4 Å². The zero-order valence-electron chi connectivity index (χ0n) is 13.2. The van der Waals surface area contributed by atoms with Gasteiger partial charge < -0.3 is 4.57 Å². The van der Waals surface area contributed by atoms with Crippen molar-refractivity contribution in [3.05, 3.63) is 18.2 Å². The first kappa shape index (κ1) is 15.5. The monoisotopic (exact) mass is 278 g/mol. The van der Waals surface area contributed by atoms with Crippen molar-refractivity contribution in [2.75, 3.05) is 0 Å². The van der Waals surface area contributed by atoms with Gasteiger partial charge in [-0.1, -0.05) is 33.6 Å². The number of nitrogens with one attached hydrogen (secondary N) is 1. The molecule has 0 aromatic carbocycles. The first-order chi connectivity index (χ1) is 9.58. The minimum Gasteiger partial charge on any atom is -0.335 e. The summed E-state index contributed by atoms with van der Waals surface area (Å²) >= 11 is 0. The molecule has 1 aliphatic carbocycles. The Bertz CT molecular complexity index is 410. The Morgan fingerprint density at radius 3 is 2.95 bits per heavy atom. The fourth-order valence-electron chi connectivity index (χ4n) is 3.76. The Hall–Kier alpha value is -0.870. The van der Waals surface area contributed by atoms with E-state index in [1.54, 1.807) is 0 Å². The minimum absolute atomic E-state index is 0.323. The zero-order chi connectivity index (χ0) is 14.6. The second-order valence-electron chi connectivity index (χ2n) is 6.86. The maximum atomic E-state index is 5.88. The molecule has 1 aromatic rings. The van der Waals surface area contributed by atoms with Crippen LogP contribution in [-0.2, 0) is 13.0 Å². The molecule has 2 unspecified atom stereocenters. The fourth-order valence-corrected chi connectivity index (χ4v) is 3.76. The third kappa shape index (κ3) is 3.41. The molecule has 1 fully saturated rings. The maximum Gasteiger partial charge on any atom is 0.110 e. The molecule has 0 spiro atoms. The van der Waals surface area contributed by atoms with Crippen LogP contribution in [0.5, 0.6) is 0 Å². The van der Waals surface area contributed by atoms with Crippen LogP contribution in [0.1, 0.15) is 58.7 Å². The Morgan fingerprint density at radius 2 is 2.30 bits per heavy atom. The van der Waals surface area contributed by atoms with Crippen LogP contribution >= 0.6 is 0 Å². The van der Waals surface area contributed by atoms with Crippen molar-refractivity contribution in [1.29, 1.82) is 0 Å². The van der Waals surface area contributed by atoms with E-state index in [2.05, 4.69) is 41.9 Å². The number of hydrazine groups is 1. The van der Waals surface area contributed by atoms with Gasteiger partial charge in [-0.05, 0) is 30.6 Å². The predicted octanol–water partition coefficient (Wildman–Crippen LogP) is 2.88. The van der Waals surface area contributed by atoms with Gasteiger partial charge in [0, 0.05) is 31.4 Å². The summed E-state index contributed by atoms with van der Waals surface area (Å²) in [5, 5.41) is 0. The summed E-state index contributed by atoms with van der Waals surface area (Å²) in [5.41, 5.74) is 3.45. The standard InChI is InChI=1S/C16H30N4/c1-4-10-20-11-9-18-15(20)12-14(19-17)13-7-5-6-8-16(13,2)3/h9,11,13-14,19H,4-8,10,12,17H2,1-3H3. The van der Waals surface area contributed by atoms with Crippen molar-refractivity contribution in [3.8, 4) is 0 Å². The second kappa shape index (κ2) is 6.72. The highest BCUT2D eigenvalue weighted by molar-refractivity contribution is 4.99. The lowest BCUT2D eigenvalue weighted by Gasteiger charge is -2.43. The van der Waals surface area contributed by atoms with E-state index in [1.165, 1.54) is 25.7 Å². The van der Waals surface area contributed by atoms with Crippen LogP contribution in [0.2, 0.25) is 0 Å². The van der Waals surface area contributed by atoms with Crippen molar-refractivity contribution in [3.63, 3.8) is 0 Å². The lowest BCUT2D eigenvalue weighted by molar-refractivity contribution is 0.0970. The molecule has 0 radical (unpaired) electrons. The molecule has 0 amide bonds. The summed E-state index contributed by atoms with van der Waals surface area (Å²) in [6, 6.07) is 0.323. The van der Waals surface area contributed by atoms with Crippen LogP contribution in [0.4, 0.5) is 0 Å². The van der Waals surface area contributed by atoms with E-state index in [-0.39, 0.29) is 0 Å². The number of nitrogens with zero attached hydrogens (tertiary/aromatic N) is 2. The molecule has 3 N–H and O–H groups in total. The third-order valence-electron chi connectivity index (χ3n) is 4.96. The van der Waals surface area contributed by atoms with E-state index in [0.29, 0.717) is 17.4 Å². The third-order valence-corrected chi connectivity index (χ3v) is 4.96. The molecule has 0 aliphatic heterocycles. The molecular weight excluding hydrogens is 248 g/mol. The van der Waals surface area contributed by atoms with Gasteiger partial charge in [0.25, 0.3) is 0 Å². The van der Waals surface area contributed by atoms with E-state index >= 15 is 0 Å². The van der Waals surface area contributed by atoms with Crippen molar-refractivity contribution >= 4 is 0 Å². The molecule has 1 saturated carbocycles. The molecule has 4 heteroatoms. The van der Waals surface area contributed by atoms with E-state index in [0.717, 1.165) is 25.2 Å². The van der Waals surface area contributed by atoms with Crippen molar-refractivity contribution in [2.45, 2.75) is 71.9 Å². The Kier molecular flexibility index (Phi) is 5.22. The van der Waals surface area contributed by atoms with Crippen molar-refractivity contribution in [1.82, 2.24) is 15.0 Å². The fraction of sp³-hybridized carbons (Fsp3) is 0.812. The van der Waals surface area contributed by atoms with Crippen LogP contribution < -0.4 is 11.3 Å². The second-order valence-corrected chi connectivity index (χ2v) is 6.86. The van der Waals surface area contributed by atoms with Crippen LogP contribution in [0, 0.1) is 11.3 Å². The maximum absolute atomic E-state index is 5.88. The Morgan fingerprint density at radius 1 is 1.50 bits per heavy atom. The first-order valence-electron chi connectivity index (χ1n) is 8.04. The number of hydrogen-bond acceptors (Lipinski definition) is 3. The van der Waals surface area contributed by atoms with Crippen molar-refractivity contribution in [2.24, 2.45) is 17.2 Å². The van der Waals surface area contributed by atoms with Gasteiger partial charge >= 0.3 is 0 Å². The highest BCUT2D eigenvalue weighted by Gasteiger charge is 2.37. The van der Waals surface area contributed by atoms with E-state index in [4.69, 9.17) is 5.84 Å². The number of nitrogens with two attached hydrogens (primary N) is 1. The SMILES string of the molecule is CCCn1ccnc1CC(NN)C1CCCCC1(C)C. The largest absolute Gasteiger partial charge is 0.335 e. The lowest BCUT2D eigenvalue weighted by atomic mass is 9.65. The normalized spacial score (nSPS) is 23.7. The molecule has 1 aromatic heterocycles. The number of aromatic nitrogens is 2. The van der Waals surface area contributed by atoms with Gasteiger partial charge in [0.2, 0.25) is 0 Å².